The maximum absolute atomic E-state index is 13.6. The van der Waals surface area contributed by atoms with Crippen LogP contribution in [0.3, 0.4) is 0 Å². The maximum Gasteiger partial charge on any atom is 0.300 e. The molecule has 0 aliphatic carbocycles. The van der Waals surface area contributed by atoms with Gasteiger partial charge < -0.3 is 19.3 Å². The highest BCUT2D eigenvalue weighted by Gasteiger charge is 2.48. The van der Waals surface area contributed by atoms with Crippen LogP contribution in [0.4, 0.5) is 5.69 Å². The SMILES string of the molecule is COc1cccc(C2/C(=C(/O)c3ccc(OCc4ccccc4)c(C)c3)C(=O)C(=O)N2c2ccc(C#N)cc2)c1OC. The highest BCUT2D eigenvalue weighted by molar-refractivity contribution is 6.51. The van der Waals surface area contributed by atoms with Gasteiger partial charge in [-0.05, 0) is 66.6 Å². The van der Waals surface area contributed by atoms with Crippen LogP contribution in [-0.4, -0.2) is 31.0 Å². The van der Waals surface area contributed by atoms with E-state index in [1.54, 1.807) is 60.7 Å². The topological polar surface area (TPSA) is 109 Å². The van der Waals surface area contributed by atoms with Crippen molar-refractivity contribution in [2.45, 2.75) is 19.6 Å². The molecule has 1 saturated heterocycles. The Kier molecular flexibility index (Phi) is 7.93. The highest BCUT2D eigenvalue weighted by Crippen LogP contribution is 2.47. The molecule has 1 fully saturated rings. The number of amides is 1. The van der Waals surface area contributed by atoms with Crippen molar-refractivity contribution in [1.29, 1.82) is 5.26 Å². The summed E-state index contributed by atoms with van der Waals surface area (Å²) in [5.74, 6) is -0.672. The summed E-state index contributed by atoms with van der Waals surface area (Å²) in [5.41, 5.74) is 3.23. The van der Waals surface area contributed by atoms with E-state index in [1.807, 2.05) is 37.3 Å². The number of aryl methyl sites for hydroxylation is 1. The molecule has 0 saturated carbocycles. The van der Waals surface area contributed by atoms with Gasteiger partial charge in [0, 0.05) is 16.8 Å². The number of para-hydroxylation sites is 1. The van der Waals surface area contributed by atoms with Crippen molar-refractivity contribution in [2.24, 2.45) is 0 Å². The van der Waals surface area contributed by atoms with Gasteiger partial charge in [-0.3, -0.25) is 14.5 Å². The molecule has 4 aromatic rings. The quantitative estimate of drug-likeness (QED) is 0.158. The third-order valence-electron chi connectivity index (χ3n) is 7.13. The minimum atomic E-state index is -1.04. The number of nitriles is 1. The Hall–Kier alpha value is -5.55. The van der Waals surface area contributed by atoms with E-state index in [-0.39, 0.29) is 11.3 Å². The Labute approximate surface area is 243 Å². The lowest BCUT2D eigenvalue weighted by Gasteiger charge is -2.27. The number of aliphatic hydroxyl groups excluding tert-OH is 1. The number of hydrogen-bond acceptors (Lipinski definition) is 7. The number of carbonyl (C=O) groups excluding carboxylic acids is 2. The van der Waals surface area contributed by atoms with E-state index in [9.17, 15) is 20.0 Å². The number of nitrogens with zero attached hydrogens (tertiary/aromatic N) is 2. The summed E-state index contributed by atoms with van der Waals surface area (Å²) in [6, 6.07) is 27.3. The second-order valence-corrected chi connectivity index (χ2v) is 9.67. The summed E-state index contributed by atoms with van der Waals surface area (Å²) < 4.78 is 17.1. The third-order valence-corrected chi connectivity index (χ3v) is 7.13. The summed E-state index contributed by atoms with van der Waals surface area (Å²) >= 11 is 0. The smallest absolute Gasteiger partial charge is 0.300 e. The van der Waals surface area contributed by atoms with Gasteiger partial charge in [0.25, 0.3) is 11.7 Å². The normalized spacial score (nSPS) is 15.8. The average Bonchev–Trinajstić information content (AvgIpc) is 3.29. The molecule has 1 atom stereocenters. The van der Waals surface area contributed by atoms with E-state index < -0.39 is 17.7 Å². The molecule has 0 spiro atoms. The molecule has 1 N–H and O–H groups in total. The second kappa shape index (κ2) is 11.9. The number of methoxy groups -OCH3 is 2. The van der Waals surface area contributed by atoms with Gasteiger partial charge in [-0.15, -0.1) is 0 Å². The molecule has 0 aromatic heterocycles. The van der Waals surface area contributed by atoms with E-state index in [0.29, 0.717) is 46.2 Å². The molecule has 4 aromatic carbocycles. The molecule has 5 rings (SSSR count). The Bertz CT molecular complexity index is 1720. The molecule has 8 nitrogen and oxygen atoms in total. The van der Waals surface area contributed by atoms with Crippen molar-refractivity contribution >= 4 is 23.1 Å². The van der Waals surface area contributed by atoms with Gasteiger partial charge in [-0.25, -0.2) is 0 Å². The number of aliphatic hydroxyl groups is 1. The molecule has 0 radical (unpaired) electrons. The summed E-state index contributed by atoms with van der Waals surface area (Å²) in [6.07, 6.45) is 0. The van der Waals surface area contributed by atoms with Crippen LogP contribution in [0.15, 0.2) is 96.6 Å². The number of anilines is 1. The predicted molar refractivity (Wildman–Crippen MR) is 157 cm³/mol. The number of carbonyl (C=O) groups is 2. The Morgan fingerprint density at radius 2 is 1.64 bits per heavy atom. The van der Waals surface area contributed by atoms with Crippen molar-refractivity contribution in [2.75, 3.05) is 19.1 Å². The number of ether oxygens (including phenoxy) is 3. The molecule has 210 valence electrons. The Balaban J connectivity index is 1.62. The van der Waals surface area contributed by atoms with E-state index in [2.05, 4.69) is 6.07 Å². The van der Waals surface area contributed by atoms with E-state index in [1.165, 1.54) is 19.1 Å². The van der Waals surface area contributed by atoms with Crippen LogP contribution in [0.25, 0.3) is 5.76 Å². The summed E-state index contributed by atoms with van der Waals surface area (Å²) in [7, 11) is 2.95. The van der Waals surface area contributed by atoms with E-state index in [4.69, 9.17) is 14.2 Å². The van der Waals surface area contributed by atoms with Gasteiger partial charge in [-0.2, -0.15) is 5.26 Å². The predicted octanol–water partition coefficient (Wildman–Crippen LogP) is 6.09. The van der Waals surface area contributed by atoms with Gasteiger partial charge >= 0.3 is 0 Å². The van der Waals surface area contributed by atoms with Crippen LogP contribution >= 0.6 is 0 Å². The molecule has 1 heterocycles. The summed E-state index contributed by atoms with van der Waals surface area (Å²) in [5, 5.41) is 20.9. The van der Waals surface area contributed by atoms with Crippen LogP contribution in [0.2, 0.25) is 0 Å². The van der Waals surface area contributed by atoms with Crippen molar-refractivity contribution in [3.8, 4) is 23.3 Å². The van der Waals surface area contributed by atoms with Crippen LogP contribution < -0.4 is 19.1 Å². The van der Waals surface area contributed by atoms with Gasteiger partial charge in [0.1, 0.15) is 18.1 Å². The first-order chi connectivity index (χ1) is 20.4. The van der Waals surface area contributed by atoms with Gasteiger partial charge in [0.2, 0.25) is 0 Å². The molecule has 1 aliphatic rings. The number of benzene rings is 4. The number of hydrogen-bond donors (Lipinski definition) is 1. The first-order valence-electron chi connectivity index (χ1n) is 13.2. The van der Waals surface area contributed by atoms with Crippen LogP contribution in [0, 0.1) is 18.3 Å². The van der Waals surface area contributed by atoms with Gasteiger partial charge in [0.05, 0.1) is 37.5 Å². The monoisotopic (exact) mass is 560 g/mol. The molecule has 1 amide bonds. The minimum Gasteiger partial charge on any atom is -0.507 e. The van der Waals surface area contributed by atoms with E-state index >= 15 is 0 Å². The lowest BCUT2D eigenvalue weighted by molar-refractivity contribution is -0.132. The lowest BCUT2D eigenvalue weighted by Crippen LogP contribution is -2.29. The van der Waals surface area contributed by atoms with Crippen LogP contribution in [0.5, 0.6) is 17.2 Å². The van der Waals surface area contributed by atoms with Crippen molar-refractivity contribution in [3.63, 3.8) is 0 Å². The molecular formula is C34H28N2O6. The number of ketones is 1. The van der Waals surface area contributed by atoms with E-state index in [0.717, 1.165) is 11.1 Å². The molecular weight excluding hydrogens is 532 g/mol. The van der Waals surface area contributed by atoms with Crippen LogP contribution in [-0.2, 0) is 16.2 Å². The molecule has 1 aliphatic heterocycles. The first-order valence-corrected chi connectivity index (χ1v) is 13.2. The molecule has 42 heavy (non-hydrogen) atoms. The van der Waals surface area contributed by atoms with Crippen LogP contribution in [0.1, 0.15) is 33.9 Å². The first kappa shape index (κ1) is 28.0. The third kappa shape index (κ3) is 5.16. The zero-order valence-corrected chi connectivity index (χ0v) is 23.3. The Morgan fingerprint density at radius 3 is 2.29 bits per heavy atom. The summed E-state index contributed by atoms with van der Waals surface area (Å²) in [4.78, 5) is 28.5. The van der Waals surface area contributed by atoms with Gasteiger partial charge in [-0.1, -0.05) is 42.5 Å². The minimum absolute atomic E-state index is 0.103. The second-order valence-electron chi connectivity index (χ2n) is 9.67. The zero-order valence-electron chi connectivity index (χ0n) is 23.3. The van der Waals surface area contributed by atoms with Crippen molar-refractivity contribution in [3.05, 3.63) is 124 Å². The number of rotatable bonds is 8. The standard InChI is InChI=1S/C34H28N2O6/c1-21-18-24(14-17-27(21)42-20-23-8-5-4-6-9-23)31(37)29-30(26-10-7-11-28(40-2)33(26)41-3)36(34(39)32(29)38)25-15-12-22(19-35)13-16-25/h4-18,30,37H,20H2,1-3H3/b31-29-. The average molecular weight is 561 g/mol. The fourth-order valence-electron chi connectivity index (χ4n) is 5.07. The molecule has 8 heteroatoms. The maximum atomic E-state index is 13.6. The fraction of sp³-hybridized carbons (Fsp3) is 0.147. The largest absolute Gasteiger partial charge is 0.507 e. The Morgan fingerprint density at radius 1 is 0.905 bits per heavy atom. The summed E-state index contributed by atoms with van der Waals surface area (Å²) in [6.45, 7) is 2.22. The zero-order chi connectivity index (χ0) is 29.8. The van der Waals surface area contributed by atoms with Gasteiger partial charge in [0.15, 0.2) is 11.5 Å². The van der Waals surface area contributed by atoms with Crippen molar-refractivity contribution < 1.29 is 28.9 Å². The number of Topliss-reactive ketones (excluding diaryl/α,β-unsaturated/α-hetero) is 1. The lowest BCUT2D eigenvalue weighted by atomic mass is 9.93. The van der Waals surface area contributed by atoms with Crippen molar-refractivity contribution in [1.82, 2.24) is 0 Å². The fourth-order valence-corrected chi connectivity index (χ4v) is 5.07. The molecule has 0 bridgehead atoms. The highest BCUT2D eigenvalue weighted by atomic mass is 16.5. The molecule has 1 unspecified atom stereocenters.